The van der Waals surface area contributed by atoms with Crippen molar-refractivity contribution in [2.75, 3.05) is 11.9 Å². The highest BCUT2D eigenvalue weighted by Gasteiger charge is 2.30. The SMILES string of the molecule is Cc1cc(C(=O)COC(=O)c2ccc(NC3CC3)nc2)c(C)n1CC(F)(F)F. The zero-order valence-corrected chi connectivity index (χ0v) is 15.5. The highest BCUT2D eigenvalue weighted by molar-refractivity contribution is 6.00. The van der Waals surface area contributed by atoms with Gasteiger partial charge in [0.1, 0.15) is 12.4 Å². The first kappa shape index (κ1) is 19.9. The van der Waals surface area contributed by atoms with Crippen molar-refractivity contribution >= 4 is 17.6 Å². The molecule has 0 spiro atoms. The van der Waals surface area contributed by atoms with Gasteiger partial charge in [0.05, 0.1) is 5.56 Å². The van der Waals surface area contributed by atoms with Gasteiger partial charge in [-0.2, -0.15) is 13.2 Å². The second-order valence-electron chi connectivity index (χ2n) is 6.84. The van der Waals surface area contributed by atoms with Crippen LogP contribution in [0.3, 0.4) is 0 Å². The Morgan fingerprint density at radius 2 is 2.00 bits per heavy atom. The lowest BCUT2D eigenvalue weighted by Crippen LogP contribution is -2.20. The second kappa shape index (κ2) is 7.65. The minimum Gasteiger partial charge on any atom is -0.454 e. The largest absolute Gasteiger partial charge is 0.454 e. The van der Waals surface area contributed by atoms with Crippen molar-refractivity contribution in [3.05, 3.63) is 46.9 Å². The Bertz CT molecular complexity index is 884. The Hall–Kier alpha value is -2.84. The quantitative estimate of drug-likeness (QED) is 0.572. The molecule has 28 heavy (non-hydrogen) atoms. The summed E-state index contributed by atoms with van der Waals surface area (Å²) in [6.07, 6.45) is -0.851. The molecule has 9 heteroatoms. The van der Waals surface area contributed by atoms with Crippen molar-refractivity contribution in [3.8, 4) is 0 Å². The molecule has 6 nitrogen and oxygen atoms in total. The molecule has 0 bridgehead atoms. The number of alkyl halides is 3. The van der Waals surface area contributed by atoms with Gasteiger partial charge >= 0.3 is 12.1 Å². The topological polar surface area (TPSA) is 73.2 Å². The molecule has 0 aliphatic heterocycles. The molecular formula is C19H20F3N3O3. The van der Waals surface area contributed by atoms with Crippen LogP contribution < -0.4 is 5.32 Å². The molecule has 0 aromatic carbocycles. The van der Waals surface area contributed by atoms with E-state index in [1.165, 1.54) is 26.1 Å². The Kier molecular flexibility index (Phi) is 5.44. The first-order chi connectivity index (χ1) is 13.1. The number of pyridine rings is 1. The van der Waals surface area contributed by atoms with Crippen LogP contribution in [0.5, 0.6) is 0 Å². The van der Waals surface area contributed by atoms with E-state index in [9.17, 15) is 22.8 Å². The Labute approximate surface area is 159 Å². The smallest absolute Gasteiger partial charge is 0.406 e. The summed E-state index contributed by atoms with van der Waals surface area (Å²) in [4.78, 5) is 28.5. The van der Waals surface area contributed by atoms with Crippen molar-refractivity contribution in [3.63, 3.8) is 0 Å². The van der Waals surface area contributed by atoms with Gasteiger partial charge in [0.25, 0.3) is 0 Å². The van der Waals surface area contributed by atoms with Crippen molar-refractivity contribution < 1.29 is 27.5 Å². The number of ether oxygens (including phenoxy) is 1. The normalized spacial score (nSPS) is 14.0. The van der Waals surface area contributed by atoms with Crippen LogP contribution in [0.2, 0.25) is 0 Å². The van der Waals surface area contributed by atoms with E-state index in [0.717, 1.165) is 17.4 Å². The molecule has 0 saturated heterocycles. The maximum absolute atomic E-state index is 12.7. The number of aromatic nitrogens is 2. The molecule has 1 aliphatic rings. The van der Waals surface area contributed by atoms with E-state index in [-0.39, 0.29) is 16.8 Å². The van der Waals surface area contributed by atoms with Crippen LogP contribution in [-0.4, -0.2) is 40.1 Å². The minimum atomic E-state index is -4.39. The number of aryl methyl sites for hydroxylation is 1. The van der Waals surface area contributed by atoms with E-state index in [2.05, 4.69) is 10.3 Å². The van der Waals surface area contributed by atoms with Gasteiger partial charge in [-0.3, -0.25) is 4.79 Å². The monoisotopic (exact) mass is 395 g/mol. The van der Waals surface area contributed by atoms with Gasteiger partial charge in [-0.05, 0) is 44.9 Å². The van der Waals surface area contributed by atoms with Crippen LogP contribution in [0.15, 0.2) is 24.4 Å². The summed E-state index contributed by atoms with van der Waals surface area (Å²) in [5.74, 6) is -0.620. The van der Waals surface area contributed by atoms with Gasteiger partial charge in [0, 0.05) is 29.2 Å². The first-order valence-corrected chi connectivity index (χ1v) is 8.80. The van der Waals surface area contributed by atoms with Gasteiger partial charge < -0.3 is 14.6 Å². The van der Waals surface area contributed by atoms with E-state index in [4.69, 9.17) is 4.74 Å². The number of anilines is 1. The lowest BCUT2D eigenvalue weighted by molar-refractivity contribution is -0.141. The third-order valence-corrected chi connectivity index (χ3v) is 4.47. The zero-order chi connectivity index (χ0) is 20.5. The van der Waals surface area contributed by atoms with E-state index in [1.54, 1.807) is 12.1 Å². The number of carbonyl (C=O) groups excluding carboxylic acids is 2. The Morgan fingerprint density at radius 3 is 2.57 bits per heavy atom. The summed E-state index contributed by atoms with van der Waals surface area (Å²) in [5, 5.41) is 3.18. The number of esters is 1. The predicted octanol–water partition coefficient (Wildman–Crippen LogP) is 3.68. The lowest BCUT2D eigenvalue weighted by Gasteiger charge is -2.12. The average Bonchev–Trinajstić information content (AvgIpc) is 3.40. The number of ketones is 1. The number of nitrogens with zero attached hydrogens (tertiary/aromatic N) is 2. The second-order valence-corrected chi connectivity index (χ2v) is 6.84. The predicted molar refractivity (Wildman–Crippen MR) is 95.5 cm³/mol. The van der Waals surface area contributed by atoms with Gasteiger partial charge in [-0.25, -0.2) is 9.78 Å². The van der Waals surface area contributed by atoms with Gasteiger partial charge in [-0.15, -0.1) is 0 Å². The fourth-order valence-corrected chi connectivity index (χ4v) is 2.83. The molecule has 1 aliphatic carbocycles. The maximum Gasteiger partial charge on any atom is 0.406 e. The van der Waals surface area contributed by atoms with Crippen LogP contribution >= 0.6 is 0 Å². The number of rotatable bonds is 7. The number of carbonyl (C=O) groups is 2. The lowest BCUT2D eigenvalue weighted by atomic mass is 10.1. The standard InChI is InChI=1S/C19H20F3N3O3/c1-11-7-15(12(2)25(11)10-19(20,21)22)16(26)9-28-18(27)13-3-6-17(23-8-13)24-14-4-5-14/h3,6-8,14H,4-5,9-10H2,1-2H3,(H,23,24). The number of hydrogen-bond acceptors (Lipinski definition) is 5. The van der Waals surface area contributed by atoms with Gasteiger partial charge in [0.2, 0.25) is 5.78 Å². The molecule has 0 atom stereocenters. The number of Topliss-reactive ketones (excluding diaryl/α,β-unsaturated/α-hetero) is 1. The van der Waals surface area contributed by atoms with Crippen LogP contribution in [0, 0.1) is 13.8 Å². The van der Waals surface area contributed by atoms with Gasteiger partial charge in [-0.1, -0.05) is 0 Å². The maximum atomic E-state index is 12.7. The molecule has 0 unspecified atom stereocenters. The average molecular weight is 395 g/mol. The van der Waals surface area contributed by atoms with E-state index >= 15 is 0 Å². The third kappa shape index (κ3) is 4.90. The fraction of sp³-hybridized carbons (Fsp3) is 0.421. The van der Waals surface area contributed by atoms with E-state index in [0.29, 0.717) is 17.6 Å². The molecule has 150 valence electrons. The van der Waals surface area contributed by atoms with Crippen LogP contribution in [-0.2, 0) is 11.3 Å². The summed E-state index contributed by atoms with van der Waals surface area (Å²) in [5.41, 5.74) is 0.800. The molecule has 2 aromatic rings. The molecule has 2 heterocycles. The highest BCUT2D eigenvalue weighted by Crippen LogP contribution is 2.24. The zero-order valence-electron chi connectivity index (χ0n) is 15.5. The molecule has 1 N–H and O–H groups in total. The Morgan fingerprint density at radius 1 is 1.29 bits per heavy atom. The number of nitrogens with one attached hydrogen (secondary N) is 1. The van der Waals surface area contributed by atoms with Crippen molar-refractivity contribution in [2.45, 2.75) is 45.5 Å². The highest BCUT2D eigenvalue weighted by atomic mass is 19.4. The van der Waals surface area contributed by atoms with Crippen LogP contribution in [0.4, 0.5) is 19.0 Å². The fourth-order valence-electron chi connectivity index (χ4n) is 2.83. The molecule has 1 saturated carbocycles. The number of halogens is 3. The molecule has 3 rings (SSSR count). The molecule has 0 radical (unpaired) electrons. The van der Waals surface area contributed by atoms with Crippen LogP contribution in [0.1, 0.15) is 44.9 Å². The molecule has 0 amide bonds. The summed E-state index contributed by atoms with van der Waals surface area (Å²) in [6, 6.07) is 5.00. The van der Waals surface area contributed by atoms with Crippen molar-refractivity contribution in [1.29, 1.82) is 0 Å². The number of hydrogen-bond donors (Lipinski definition) is 1. The summed E-state index contributed by atoms with van der Waals surface area (Å²) >= 11 is 0. The first-order valence-electron chi connectivity index (χ1n) is 8.80. The Balaban J connectivity index is 1.60. The third-order valence-electron chi connectivity index (χ3n) is 4.47. The summed E-state index contributed by atoms with van der Waals surface area (Å²) in [7, 11) is 0. The summed E-state index contributed by atoms with van der Waals surface area (Å²) in [6.45, 7) is 1.19. The molecule has 2 aromatic heterocycles. The molecule has 1 fully saturated rings. The van der Waals surface area contributed by atoms with Crippen molar-refractivity contribution in [1.82, 2.24) is 9.55 Å². The van der Waals surface area contributed by atoms with Crippen LogP contribution in [0.25, 0.3) is 0 Å². The summed E-state index contributed by atoms with van der Waals surface area (Å²) < 4.78 is 44.0. The van der Waals surface area contributed by atoms with E-state index < -0.39 is 31.1 Å². The minimum absolute atomic E-state index is 0.108. The van der Waals surface area contributed by atoms with E-state index in [1.807, 2.05) is 0 Å². The molecular weight excluding hydrogens is 375 g/mol. The van der Waals surface area contributed by atoms with Gasteiger partial charge in [0.15, 0.2) is 6.61 Å². The van der Waals surface area contributed by atoms with Crippen molar-refractivity contribution in [2.24, 2.45) is 0 Å².